The summed E-state index contributed by atoms with van der Waals surface area (Å²) in [6, 6.07) is 19.6. The predicted octanol–water partition coefficient (Wildman–Crippen LogP) is 7.28. The molecule has 0 aliphatic carbocycles. The lowest BCUT2D eigenvalue weighted by atomic mass is 10.0. The number of carbonyl (C=O) groups is 2. The smallest absolute Gasteiger partial charge is 0.475 e. The van der Waals surface area contributed by atoms with Crippen molar-refractivity contribution in [2.24, 2.45) is 5.92 Å². The van der Waals surface area contributed by atoms with Crippen molar-refractivity contribution in [3.63, 3.8) is 0 Å². The number of halogens is 6. The zero-order valence-electron chi connectivity index (χ0n) is 24.3. The standard InChI is InChI=1S/C30H29F3N4O2.C2HF3O2/c1-2-14-39-29(38)37-13-12-21(19-37)18-34-17-20-4-3-5-24(15-20)22-6-8-23(9-7-22)28-35-26-11-10-25(30(31,32)33)16-27(26)36-28;3-2(4,5)1(6)7/h2-11,15-16,21,34H,1,12-14,17-19H2,(H,35,36);(H,6,7). The molecule has 1 aromatic heterocycles. The van der Waals surface area contributed by atoms with Gasteiger partial charge in [-0.3, -0.25) is 0 Å². The number of alkyl halides is 6. The minimum atomic E-state index is -5.08. The van der Waals surface area contributed by atoms with Crippen molar-refractivity contribution in [3.8, 4) is 22.5 Å². The van der Waals surface area contributed by atoms with E-state index in [4.69, 9.17) is 14.6 Å². The SMILES string of the molecule is C=CCOC(=O)N1CCC(CNCc2cccc(-c3ccc(-c4nc5ccc(C(F)(F)F)cc5[nH]4)cc3)c2)C1.O=C(O)C(F)(F)F. The third kappa shape index (κ3) is 9.10. The van der Waals surface area contributed by atoms with Crippen molar-refractivity contribution in [1.29, 1.82) is 0 Å². The topological polar surface area (TPSA) is 108 Å². The molecular weight excluding hydrogens is 618 g/mol. The number of carboxylic acid groups (broad SMARTS) is 1. The molecule has 0 radical (unpaired) electrons. The fourth-order valence-electron chi connectivity index (χ4n) is 4.81. The van der Waals surface area contributed by atoms with Gasteiger partial charge in [-0.2, -0.15) is 26.3 Å². The van der Waals surface area contributed by atoms with Crippen LogP contribution in [0.25, 0.3) is 33.5 Å². The van der Waals surface area contributed by atoms with E-state index >= 15 is 0 Å². The number of aliphatic carboxylic acids is 1. The number of imidazole rings is 1. The van der Waals surface area contributed by atoms with Gasteiger partial charge in [-0.15, -0.1) is 0 Å². The lowest BCUT2D eigenvalue weighted by Gasteiger charge is -2.16. The molecule has 1 aliphatic rings. The Hall–Kier alpha value is -4.85. The van der Waals surface area contributed by atoms with E-state index in [1.807, 2.05) is 36.4 Å². The van der Waals surface area contributed by atoms with E-state index in [-0.39, 0.29) is 12.7 Å². The summed E-state index contributed by atoms with van der Waals surface area (Å²) in [6.45, 7) is 6.70. The number of H-pyrrole nitrogens is 1. The molecule has 5 rings (SSSR count). The molecule has 244 valence electrons. The van der Waals surface area contributed by atoms with Gasteiger partial charge < -0.3 is 25.0 Å². The lowest BCUT2D eigenvalue weighted by Crippen LogP contribution is -2.31. The van der Waals surface area contributed by atoms with Crippen LogP contribution in [0.5, 0.6) is 0 Å². The van der Waals surface area contributed by atoms with Crippen LogP contribution in [0.2, 0.25) is 0 Å². The van der Waals surface area contributed by atoms with Gasteiger partial charge in [-0.1, -0.05) is 55.1 Å². The number of nitrogens with one attached hydrogen (secondary N) is 2. The first-order chi connectivity index (χ1) is 21.7. The number of rotatable bonds is 8. The van der Waals surface area contributed by atoms with Crippen LogP contribution >= 0.6 is 0 Å². The van der Waals surface area contributed by atoms with Crippen LogP contribution in [-0.2, 0) is 22.3 Å². The number of likely N-dealkylation sites (tertiary alicyclic amines) is 1. The van der Waals surface area contributed by atoms with E-state index in [0.29, 0.717) is 42.4 Å². The molecule has 1 amide bonds. The summed E-state index contributed by atoms with van der Waals surface area (Å²) in [5, 5.41) is 10.6. The van der Waals surface area contributed by atoms with E-state index in [9.17, 15) is 31.1 Å². The second kappa shape index (κ2) is 14.5. The summed E-state index contributed by atoms with van der Waals surface area (Å²) < 4.78 is 76.0. The number of ether oxygens (including phenoxy) is 1. The molecule has 1 fully saturated rings. The number of nitrogens with zero attached hydrogens (tertiary/aromatic N) is 2. The zero-order chi connectivity index (χ0) is 33.5. The maximum Gasteiger partial charge on any atom is 0.490 e. The number of amides is 1. The van der Waals surface area contributed by atoms with Crippen LogP contribution in [0.4, 0.5) is 31.1 Å². The van der Waals surface area contributed by atoms with Gasteiger partial charge in [0.1, 0.15) is 12.4 Å². The number of hydrogen-bond acceptors (Lipinski definition) is 5. The zero-order valence-corrected chi connectivity index (χ0v) is 24.3. The second-order valence-electron chi connectivity index (χ2n) is 10.5. The van der Waals surface area contributed by atoms with Gasteiger partial charge in [-0.25, -0.2) is 14.6 Å². The van der Waals surface area contributed by atoms with Gasteiger partial charge in [0.25, 0.3) is 0 Å². The number of carbonyl (C=O) groups excluding carboxylic acids is 1. The Morgan fingerprint density at radius 3 is 2.37 bits per heavy atom. The largest absolute Gasteiger partial charge is 0.490 e. The molecule has 1 unspecified atom stereocenters. The number of hydrogen-bond donors (Lipinski definition) is 3. The number of fused-ring (bicyclic) bond motifs is 1. The molecule has 0 bridgehead atoms. The normalized spacial score (nSPS) is 14.9. The maximum atomic E-state index is 13.0. The van der Waals surface area contributed by atoms with E-state index in [0.717, 1.165) is 47.4 Å². The molecule has 3 aromatic carbocycles. The molecular formula is C32H30F6N4O4. The van der Waals surface area contributed by atoms with Crippen molar-refractivity contribution in [1.82, 2.24) is 20.2 Å². The highest BCUT2D eigenvalue weighted by atomic mass is 19.4. The third-order valence-electron chi connectivity index (χ3n) is 7.10. The van der Waals surface area contributed by atoms with Crippen LogP contribution in [0.1, 0.15) is 17.5 Å². The fraction of sp³-hybridized carbons (Fsp3) is 0.281. The van der Waals surface area contributed by atoms with E-state index in [1.54, 1.807) is 11.0 Å². The molecule has 46 heavy (non-hydrogen) atoms. The molecule has 4 aromatic rings. The van der Waals surface area contributed by atoms with E-state index < -0.39 is 23.9 Å². The van der Waals surface area contributed by atoms with Gasteiger partial charge >= 0.3 is 24.4 Å². The maximum absolute atomic E-state index is 13.0. The molecule has 8 nitrogen and oxygen atoms in total. The van der Waals surface area contributed by atoms with Crippen LogP contribution in [-0.4, -0.2) is 64.5 Å². The number of carboxylic acids is 1. The summed E-state index contributed by atoms with van der Waals surface area (Å²) in [6.07, 6.45) is -7.26. The minimum absolute atomic E-state index is 0.226. The Morgan fingerprint density at radius 2 is 1.72 bits per heavy atom. The van der Waals surface area contributed by atoms with Crippen molar-refractivity contribution >= 4 is 23.1 Å². The molecule has 3 N–H and O–H groups in total. The van der Waals surface area contributed by atoms with Gasteiger partial charge in [-0.05, 0) is 53.3 Å². The molecule has 1 aliphatic heterocycles. The first kappa shape index (κ1) is 34.0. The summed E-state index contributed by atoms with van der Waals surface area (Å²) >= 11 is 0. The molecule has 2 heterocycles. The molecule has 14 heteroatoms. The highest BCUT2D eigenvalue weighted by molar-refractivity contribution is 5.80. The Labute approximate surface area is 259 Å². The Morgan fingerprint density at radius 1 is 1.02 bits per heavy atom. The highest BCUT2D eigenvalue weighted by Crippen LogP contribution is 2.32. The Kier molecular flexibility index (Phi) is 10.7. The highest BCUT2D eigenvalue weighted by Gasteiger charge is 2.38. The average Bonchev–Trinajstić information content (AvgIpc) is 3.67. The quantitative estimate of drug-likeness (QED) is 0.137. The van der Waals surface area contributed by atoms with Crippen LogP contribution in [0.3, 0.4) is 0 Å². The number of aromatic amines is 1. The molecule has 0 saturated carbocycles. The van der Waals surface area contributed by atoms with Crippen molar-refractivity contribution in [3.05, 3.63) is 90.5 Å². The summed E-state index contributed by atoms with van der Waals surface area (Å²) in [7, 11) is 0. The summed E-state index contributed by atoms with van der Waals surface area (Å²) in [4.78, 5) is 30.1. The fourth-order valence-corrected chi connectivity index (χ4v) is 4.81. The van der Waals surface area contributed by atoms with Crippen LogP contribution in [0, 0.1) is 5.92 Å². The molecule has 1 atom stereocenters. The van der Waals surface area contributed by atoms with Gasteiger partial charge in [0.2, 0.25) is 0 Å². The average molecular weight is 649 g/mol. The van der Waals surface area contributed by atoms with E-state index in [2.05, 4.69) is 34.0 Å². The molecule has 1 saturated heterocycles. The van der Waals surface area contributed by atoms with Gasteiger partial charge in [0, 0.05) is 31.7 Å². The molecule has 0 spiro atoms. The first-order valence-corrected chi connectivity index (χ1v) is 14.0. The van der Waals surface area contributed by atoms with Crippen LogP contribution in [0.15, 0.2) is 79.4 Å². The Bertz CT molecular complexity index is 1670. The number of benzene rings is 3. The number of aromatic nitrogens is 2. The lowest BCUT2D eigenvalue weighted by molar-refractivity contribution is -0.192. The third-order valence-corrected chi connectivity index (χ3v) is 7.10. The van der Waals surface area contributed by atoms with E-state index in [1.165, 1.54) is 6.07 Å². The second-order valence-corrected chi connectivity index (χ2v) is 10.5. The van der Waals surface area contributed by atoms with Crippen molar-refractivity contribution in [2.75, 3.05) is 26.2 Å². The first-order valence-electron chi connectivity index (χ1n) is 14.0. The van der Waals surface area contributed by atoms with Crippen LogP contribution < -0.4 is 5.32 Å². The Balaban J connectivity index is 0.000000617. The minimum Gasteiger partial charge on any atom is -0.475 e. The summed E-state index contributed by atoms with van der Waals surface area (Å²) in [5.74, 6) is -1.85. The van der Waals surface area contributed by atoms with Crippen molar-refractivity contribution < 1.29 is 45.8 Å². The predicted molar refractivity (Wildman–Crippen MR) is 159 cm³/mol. The summed E-state index contributed by atoms with van der Waals surface area (Å²) in [5.41, 5.74) is 4.17. The van der Waals surface area contributed by atoms with Gasteiger partial charge in [0.15, 0.2) is 0 Å². The van der Waals surface area contributed by atoms with Gasteiger partial charge in [0.05, 0.1) is 16.6 Å². The monoisotopic (exact) mass is 648 g/mol. The van der Waals surface area contributed by atoms with Crippen molar-refractivity contribution in [2.45, 2.75) is 25.3 Å².